The molecule has 6 nitrogen and oxygen atoms in total. The molecule has 1 unspecified atom stereocenters. The van der Waals surface area contributed by atoms with Crippen LogP contribution >= 0.6 is 0 Å². The SMILES string of the molecule is CCCCOc1ccccc1C(c1nnnn1C1(C)CCCCCC1)N1CCc2ccccc2C1. The van der Waals surface area contributed by atoms with E-state index in [9.17, 15) is 0 Å². The molecule has 2 heterocycles. The molecule has 6 heteroatoms. The van der Waals surface area contributed by atoms with E-state index in [1.807, 2.05) is 0 Å². The Morgan fingerprint density at radius 1 is 0.971 bits per heavy atom. The summed E-state index contributed by atoms with van der Waals surface area (Å²) >= 11 is 0. The summed E-state index contributed by atoms with van der Waals surface area (Å²) in [4.78, 5) is 2.55. The highest BCUT2D eigenvalue weighted by Gasteiger charge is 2.38. The Labute approximate surface area is 209 Å². The molecule has 0 bridgehead atoms. The fourth-order valence-electron chi connectivity index (χ4n) is 5.85. The van der Waals surface area contributed by atoms with Crippen molar-refractivity contribution in [3.63, 3.8) is 0 Å². The van der Waals surface area contributed by atoms with Gasteiger partial charge in [-0.1, -0.05) is 81.5 Å². The van der Waals surface area contributed by atoms with E-state index in [4.69, 9.17) is 9.84 Å². The van der Waals surface area contributed by atoms with Gasteiger partial charge in [-0.25, -0.2) is 4.68 Å². The summed E-state index contributed by atoms with van der Waals surface area (Å²) in [5.41, 5.74) is 3.95. The van der Waals surface area contributed by atoms with E-state index in [0.29, 0.717) is 0 Å². The third-order valence-electron chi connectivity index (χ3n) is 7.92. The lowest BCUT2D eigenvalue weighted by Crippen LogP contribution is -2.39. The van der Waals surface area contributed by atoms with Crippen LogP contribution in [0.5, 0.6) is 5.75 Å². The first-order valence-corrected chi connectivity index (χ1v) is 13.5. The minimum atomic E-state index is -0.0590. The summed E-state index contributed by atoms with van der Waals surface area (Å²) in [5.74, 6) is 1.89. The van der Waals surface area contributed by atoms with E-state index < -0.39 is 0 Å². The number of hydrogen-bond acceptors (Lipinski definition) is 5. The summed E-state index contributed by atoms with van der Waals surface area (Å²) in [6.45, 7) is 7.13. The van der Waals surface area contributed by atoms with Crippen molar-refractivity contribution in [2.75, 3.05) is 13.2 Å². The summed E-state index contributed by atoms with van der Waals surface area (Å²) < 4.78 is 8.52. The monoisotopic (exact) mass is 473 g/mol. The lowest BCUT2D eigenvalue weighted by molar-refractivity contribution is 0.168. The topological polar surface area (TPSA) is 56.1 Å². The largest absolute Gasteiger partial charge is 0.493 e. The fraction of sp³-hybridized carbons (Fsp3) is 0.552. The molecule has 0 radical (unpaired) electrons. The van der Waals surface area contributed by atoms with Crippen molar-refractivity contribution >= 4 is 0 Å². The number of nitrogens with zero attached hydrogens (tertiary/aromatic N) is 5. The number of ether oxygens (including phenoxy) is 1. The molecule has 0 N–H and O–H groups in total. The lowest BCUT2D eigenvalue weighted by Gasteiger charge is -2.38. The van der Waals surface area contributed by atoms with Gasteiger partial charge in [0.15, 0.2) is 5.82 Å². The lowest BCUT2D eigenvalue weighted by atomic mass is 9.91. The molecule has 186 valence electrons. The van der Waals surface area contributed by atoms with Gasteiger partial charge in [0.2, 0.25) is 0 Å². The van der Waals surface area contributed by atoms with E-state index in [2.05, 4.69) is 82.4 Å². The number of para-hydroxylation sites is 1. The predicted molar refractivity (Wildman–Crippen MR) is 138 cm³/mol. The van der Waals surface area contributed by atoms with Gasteiger partial charge in [0.25, 0.3) is 0 Å². The molecule has 0 amide bonds. The van der Waals surface area contributed by atoms with Gasteiger partial charge in [-0.15, -0.1) is 5.10 Å². The highest BCUT2D eigenvalue weighted by molar-refractivity contribution is 5.40. The van der Waals surface area contributed by atoms with E-state index in [1.165, 1.54) is 36.8 Å². The second kappa shape index (κ2) is 10.9. The van der Waals surface area contributed by atoms with Crippen LogP contribution in [0, 0.1) is 0 Å². The molecular weight excluding hydrogens is 434 g/mol. The second-order valence-electron chi connectivity index (χ2n) is 10.5. The van der Waals surface area contributed by atoms with Gasteiger partial charge < -0.3 is 4.74 Å². The van der Waals surface area contributed by atoms with Crippen LogP contribution in [0.15, 0.2) is 48.5 Å². The number of hydrogen-bond donors (Lipinski definition) is 0. The third-order valence-corrected chi connectivity index (χ3v) is 7.92. The Balaban J connectivity index is 1.57. The molecule has 0 saturated heterocycles. The van der Waals surface area contributed by atoms with Crippen molar-refractivity contribution in [3.05, 3.63) is 71.0 Å². The first-order chi connectivity index (χ1) is 17.2. The standard InChI is InChI=1S/C29H39N5O/c1-3-4-21-35-26-16-10-9-15-25(26)27(33-20-17-23-13-7-8-14-24(23)22-33)28-30-31-32-34(28)29(2)18-11-5-6-12-19-29/h7-10,13-16,27H,3-6,11-12,17-22H2,1-2H3. The molecule has 0 spiro atoms. The molecule has 1 saturated carbocycles. The van der Waals surface area contributed by atoms with Gasteiger partial charge in [-0.2, -0.15) is 0 Å². The van der Waals surface area contributed by atoms with Crippen LogP contribution in [-0.4, -0.2) is 38.3 Å². The molecule has 3 aromatic rings. The molecular formula is C29H39N5O. The van der Waals surface area contributed by atoms with Gasteiger partial charge >= 0.3 is 0 Å². The molecule has 1 fully saturated rings. The third kappa shape index (κ3) is 5.13. The van der Waals surface area contributed by atoms with Crippen LogP contribution in [0.4, 0.5) is 0 Å². The fourth-order valence-corrected chi connectivity index (χ4v) is 5.85. The average molecular weight is 474 g/mol. The summed E-state index contributed by atoms with van der Waals surface area (Å²) in [7, 11) is 0. The van der Waals surface area contributed by atoms with Crippen molar-refractivity contribution in [2.45, 2.75) is 89.8 Å². The van der Waals surface area contributed by atoms with E-state index in [0.717, 1.165) is 68.9 Å². The Hall–Kier alpha value is -2.73. The zero-order chi connectivity index (χ0) is 24.1. The molecule has 2 aliphatic rings. The summed E-state index contributed by atoms with van der Waals surface area (Å²) in [6, 6.07) is 17.3. The van der Waals surface area contributed by atoms with E-state index in [-0.39, 0.29) is 11.6 Å². The quantitative estimate of drug-likeness (QED) is 0.294. The average Bonchev–Trinajstić information content (AvgIpc) is 3.27. The van der Waals surface area contributed by atoms with Crippen LogP contribution in [0.3, 0.4) is 0 Å². The maximum atomic E-state index is 6.34. The smallest absolute Gasteiger partial charge is 0.173 e. The molecule has 1 aromatic heterocycles. The van der Waals surface area contributed by atoms with Crippen molar-refractivity contribution < 1.29 is 4.74 Å². The minimum Gasteiger partial charge on any atom is -0.493 e. The molecule has 1 aliphatic heterocycles. The molecule has 1 aliphatic carbocycles. The molecule has 35 heavy (non-hydrogen) atoms. The summed E-state index contributed by atoms with van der Waals surface area (Å²) in [6.07, 6.45) is 10.5. The normalized spacial score (nSPS) is 19.0. The van der Waals surface area contributed by atoms with Crippen molar-refractivity contribution in [2.24, 2.45) is 0 Å². The molecule has 1 atom stereocenters. The van der Waals surface area contributed by atoms with Gasteiger partial charge in [-0.3, -0.25) is 4.90 Å². The van der Waals surface area contributed by atoms with Crippen molar-refractivity contribution in [1.29, 1.82) is 0 Å². The number of rotatable bonds is 8. The van der Waals surface area contributed by atoms with Gasteiger partial charge in [0.05, 0.1) is 12.1 Å². The predicted octanol–water partition coefficient (Wildman–Crippen LogP) is 6.07. The van der Waals surface area contributed by atoms with Crippen LogP contribution < -0.4 is 4.74 Å². The van der Waals surface area contributed by atoms with Crippen LogP contribution in [-0.2, 0) is 18.5 Å². The number of benzene rings is 2. The highest BCUT2D eigenvalue weighted by atomic mass is 16.5. The van der Waals surface area contributed by atoms with Crippen LogP contribution in [0.1, 0.15) is 93.8 Å². The Kier molecular flexibility index (Phi) is 7.47. The Bertz CT molecular complexity index is 1100. The molecule has 2 aromatic carbocycles. The number of unbranched alkanes of at least 4 members (excludes halogenated alkanes) is 1. The second-order valence-corrected chi connectivity index (χ2v) is 10.5. The number of fused-ring (bicyclic) bond motifs is 1. The first-order valence-electron chi connectivity index (χ1n) is 13.5. The van der Waals surface area contributed by atoms with Crippen LogP contribution in [0.25, 0.3) is 0 Å². The zero-order valence-electron chi connectivity index (χ0n) is 21.3. The van der Waals surface area contributed by atoms with Crippen molar-refractivity contribution in [3.8, 4) is 5.75 Å². The van der Waals surface area contributed by atoms with E-state index >= 15 is 0 Å². The maximum Gasteiger partial charge on any atom is 0.173 e. The molecule has 5 rings (SSSR count). The van der Waals surface area contributed by atoms with E-state index in [1.54, 1.807) is 0 Å². The van der Waals surface area contributed by atoms with Gasteiger partial charge in [0, 0.05) is 18.7 Å². The maximum absolute atomic E-state index is 6.34. The number of aromatic nitrogens is 4. The Morgan fingerprint density at radius 2 is 1.71 bits per heavy atom. The minimum absolute atomic E-state index is 0.0563. The first kappa shape index (κ1) is 24.0. The van der Waals surface area contributed by atoms with Gasteiger partial charge in [0.1, 0.15) is 11.8 Å². The van der Waals surface area contributed by atoms with Gasteiger partial charge in [-0.05, 0) is 60.2 Å². The van der Waals surface area contributed by atoms with Crippen LogP contribution in [0.2, 0.25) is 0 Å². The summed E-state index contributed by atoms with van der Waals surface area (Å²) in [5, 5.41) is 13.6. The Morgan fingerprint density at radius 3 is 2.51 bits per heavy atom. The number of tetrazole rings is 1. The van der Waals surface area contributed by atoms with Crippen molar-refractivity contribution in [1.82, 2.24) is 25.1 Å². The zero-order valence-corrected chi connectivity index (χ0v) is 21.3. The highest BCUT2D eigenvalue weighted by Crippen LogP contribution is 2.40.